The highest BCUT2D eigenvalue weighted by Gasteiger charge is 2.57. The van der Waals surface area contributed by atoms with Gasteiger partial charge in [0.05, 0.1) is 0 Å². The number of esters is 1. The van der Waals surface area contributed by atoms with Crippen LogP contribution in [0.4, 0.5) is 5.82 Å². The Balaban J connectivity index is 2.30. The van der Waals surface area contributed by atoms with Gasteiger partial charge in [-0.3, -0.25) is 9.36 Å². The molecule has 0 spiro atoms. The summed E-state index contributed by atoms with van der Waals surface area (Å²) in [5.74, 6) is -0.833. The number of rotatable bonds is 4. The van der Waals surface area contributed by atoms with Crippen molar-refractivity contribution >= 4 is 11.8 Å². The van der Waals surface area contributed by atoms with Crippen molar-refractivity contribution in [1.82, 2.24) is 9.55 Å². The zero-order chi connectivity index (χ0) is 18.1. The molecular formula is C13H17N5O6. The molecule has 2 heterocycles. The number of aliphatic hydroxyl groups excluding tert-OH is 2. The highest BCUT2D eigenvalue weighted by molar-refractivity contribution is 5.74. The van der Waals surface area contributed by atoms with Gasteiger partial charge in [0.25, 0.3) is 5.72 Å². The van der Waals surface area contributed by atoms with E-state index in [0.29, 0.717) is 4.57 Å². The van der Waals surface area contributed by atoms with Crippen LogP contribution in [0, 0.1) is 11.3 Å². The lowest BCUT2D eigenvalue weighted by Gasteiger charge is -2.26. The van der Waals surface area contributed by atoms with Gasteiger partial charge in [-0.1, -0.05) is 0 Å². The molecular weight excluding hydrogens is 322 g/mol. The van der Waals surface area contributed by atoms with Gasteiger partial charge >= 0.3 is 11.7 Å². The van der Waals surface area contributed by atoms with Gasteiger partial charge in [0, 0.05) is 6.20 Å². The first-order valence-corrected chi connectivity index (χ1v) is 6.96. The Morgan fingerprint density at radius 3 is 2.88 bits per heavy atom. The van der Waals surface area contributed by atoms with Gasteiger partial charge in [0.2, 0.25) is 0 Å². The summed E-state index contributed by atoms with van der Waals surface area (Å²) in [6.07, 6.45) is -3.51. The number of carbonyl (C=O) groups is 1. The second kappa shape index (κ2) is 6.54. The number of nitrogen functional groups attached to an aromatic ring is 1. The van der Waals surface area contributed by atoms with Crippen LogP contribution in [-0.4, -0.2) is 56.7 Å². The smallest absolute Gasteiger partial charge is 0.352 e. The van der Waals surface area contributed by atoms with Crippen LogP contribution in [0.25, 0.3) is 0 Å². The van der Waals surface area contributed by atoms with Crippen LogP contribution in [0.2, 0.25) is 0 Å². The molecule has 0 saturated carbocycles. The minimum absolute atomic E-state index is 0.0835. The molecule has 0 amide bonds. The molecule has 0 bridgehead atoms. The number of hydrogen-bond acceptors (Lipinski definition) is 10. The van der Waals surface area contributed by atoms with E-state index in [-0.39, 0.29) is 5.82 Å². The highest BCUT2D eigenvalue weighted by atomic mass is 16.6. The van der Waals surface area contributed by atoms with Crippen LogP contribution in [0.15, 0.2) is 17.1 Å². The van der Waals surface area contributed by atoms with Crippen molar-refractivity contribution in [3.8, 4) is 6.07 Å². The fourth-order valence-corrected chi connectivity index (χ4v) is 2.25. The van der Waals surface area contributed by atoms with E-state index >= 15 is 0 Å². The van der Waals surface area contributed by atoms with Crippen molar-refractivity contribution < 1.29 is 24.5 Å². The van der Waals surface area contributed by atoms with E-state index in [1.165, 1.54) is 13.0 Å². The number of aliphatic hydroxyl groups is 2. The van der Waals surface area contributed by atoms with E-state index in [1.54, 1.807) is 6.07 Å². The molecule has 0 aliphatic carbocycles. The van der Waals surface area contributed by atoms with Gasteiger partial charge < -0.3 is 31.2 Å². The third kappa shape index (κ3) is 2.95. The number of carbonyl (C=O) groups excluding carboxylic acids is 1. The molecule has 5 atom stereocenters. The van der Waals surface area contributed by atoms with Gasteiger partial charge in [0.15, 0.2) is 0 Å². The third-order valence-corrected chi connectivity index (χ3v) is 3.54. The molecule has 1 aliphatic heterocycles. The Kier molecular flexibility index (Phi) is 4.86. The molecule has 24 heavy (non-hydrogen) atoms. The monoisotopic (exact) mass is 339 g/mol. The fraction of sp³-hybridized carbons (Fsp3) is 0.538. The Bertz CT molecular complexity index is 728. The molecule has 0 radical (unpaired) electrons. The molecule has 1 aromatic heterocycles. The van der Waals surface area contributed by atoms with Gasteiger partial charge in [-0.15, -0.1) is 0 Å². The SMILES string of the molecule is C[C@H](N)C(=O)OC[C@H]1O[C@@](C#N)(n2ccc(N)nc2=O)C(O)C1O. The Labute approximate surface area is 136 Å². The lowest BCUT2D eigenvalue weighted by molar-refractivity contribution is -0.154. The normalized spacial score (nSPS) is 30.5. The van der Waals surface area contributed by atoms with E-state index in [2.05, 4.69) is 4.98 Å². The van der Waals surface area contributed by atoms with E-state index in [9.17, 15) is 25.1 Å². The van der Waals surface area contributed by atoms with E-state index in [1.807, 2.05) is 0 Å². The topological polar surface area (TPSA) is 187 Å². The number of nitriles is 1. The Morgan fingerprint density at radius 1 is 1.67 bits per heavy atom. The predicted molar refractivity (Wildman–Crippen MR) is 78.0 cm³/mol. The molecule has 11 heteroatoms. The molecule has 0 aromatic carbocycles. The summed E-state index contributed by atoms with van der Waals surface area (Å²) in [4.78, 5) is 26.8. The van der Waals surface area contributed by atoms with Crippen LogP contribution in [0.5, 0.6) is 0 Å². The molecule has 6 N–H and O–H groups in total. The second-order valence-electron chi connectivity index (χ2n) is 5.32. The number of nitrogens with zero attached hydrogens (tertiary/aromatic N) is 3. The molecule has 130 valence electrons. The standard InChI is InChI=1S/C13H17N5O6/c1-6(15)11(21)23-4-7-9(19)10(20)13(5-14,24-7)18-3-2-8(16)17-12(18)22/h2-3,6-7,9-10,19-20H,4,15H2,1H3,(H2,16,17,22)/t6-,7+,9?,10?,13+/m0/s1. The van der Waals surface area contributed by atoms with Crippen molar-refractivity contribution in [3.05, 3.63) is 22.7 Å². The maximum Gasteiger partial charge on any atom is 0.352 e. The molecule has 2 unspecified atom stereocenters. The van der Waals surface area contributed by atoms with Crippen LogP contribution in [0.1, 0.15) is 6.92 Å². The minimum Gasteiger partial charge on any atom is -0.462 e. The van der Waals surface area contributed by atoms with Crippen LogP contribution in [-0.2, 0) is 20.0 Å². The maximum atomic E-state index is 12.0. The average molecular weight is 339 g/mol. The van der Waals surface area contributed by atoms with Crippen LogP contribution < -0.4 is 17.2 Å². The van der Waals surface area contributed by atoms with Crippen molar-refractivity contribution in [2.45, 2.75) is 37.0 Å². The van der Waals surface area contributed by atoms with Gasteiger partial charge in [-0.05, 0) is 13.0 Å². The van der Waals surface area contributed by atoms with E-state index in [4.69, 9.17) is 20.9 Å². The summed E-state index contributed by atoms with van der Waals surface area (Å²) in [6.45, 7) is 0.946. The highest BCUT2D eigenvalue weighted by Crippen LogP contribution is 2.34. The second-order valence-corrected chi connectivity index (χ2v) is 5.32. The summed E-state index contributed by atoms with van der Waals surface area (Å²) < 4.78 is 10.9. The number of anilines is 1. The van der Waals surface area contributed by atoms with Gasteiger partial charge in [-0.2, -0.15) is 10.2 Å². The zero-order valence-corrected chi connectivity index (χ0v) is 12.7. The van der Waals surface area contributed by atoms with Crippen molar-refractivity contribution in [1.29, 1.82) is 5.26 Å². The number of nitrogens with two attached hydrogens (primary N) is 2. The molecule has 2 rings (SSSR count). The summed E-state index contributed by atoms with van der Waals surface area (Å²) in [6, 6.07) is 2.00. The predicted octanol–water partition coefficient (Wildman–Crippen LogP) is -2.99. The number of hydrogen-bond donors (Lipinski definition) is 4. The van der Waals surface area contributed by atoms with Crippen LogP contribution >= 0.6 is 0 Å². The lowest BCUT2D eigenvalue weighted by Crippen LogP contribution is -2.49. The summed E-state index contributed by atoms with van der Waals surface area (Å²) in [5.41, 5.74) is 7.54. The molecule has 1 aromatic rings. The van der Waals surface area contributed by atoms with Crippen molar-refractivity contribution in [2.75, 3.05) is 12.3 Å². The first-order valence-electron chi connectivity index (χ1n) is 6.96. The van der Waals surface area contributed by atoms with E-state index in [0.717, 1.165) is 6.20 Å². The third-order valence-electron chi connectivity index (χ3n) is 3.54. The van der Waals surface area contributed by atoms with E-state index < -0.39 is 48.3 Å². The van der Waals surface area contributed by atoms with Gasteiger partial charge in [-0.25, -0.2) is 4.79 Å². The first kappa shape index (κ1) is 17.8. The van der Waals surface area contributed by atoms with Crippen molar-refractivity contribution in [3.63, 3.8) is 0 Å². The average Bonchev–Trinajstić information content (AvgIpc) is 2.77. The number of ether oxygens (including phenoxy) is 2. The van der Waals surface area contributed by atoms with Crippen LogP contribution in [0.3, 0.4) is 0 Å². The fourth-order valence-electron chi connectivity index (χ4n) is 2.25. The Hall–Kier alpha value is -2.52. The largest absolute Gasteiger partial charge is 0.462 e. The number of aromatic nitrogens is 2. The summed E-state index contributed by atoms with van der Waals surface area (Å²) in [5, 5.41) is 29.7. The zero-order valence-electron chi connectivity index (χ0n) is 12.7. The summed E-state index contributed by atoms with van der Waals surface area (Å²) >= 11 is 0. The lowest BCUT2D eigenvalue weighted by atomic mass is 10.0. The minimum atomic E-state index is -2.23. The maximum absolute atomic E-state index is 12.0. The Morgan fingerprint density at radius 2 is 2.33 bits per heavy atom. The first-order chi connectivity index (χ1) is 11.2. The molecule has 1 aliphatic rings. The van der Waals surface area contributed by atoms with Crippen molar-refractivity contribution in [2.24, 2.45) is 5.73 Å². The quantitative estimate of drug-likeness (QED) is 0.412. The molecule has 11 nitrogen and oxygen atoms in total. The molecule has 1 fully saturated rings. The van der Waals surface area contributed by atoms with Gasteiger partial charge in [0.1, 0.15) is 42.8 Å². The molecule has 1 saturated heterocycles. The summed E-state index contributed by atoms with van der Waals surface area (Å²) in [7, 11) is 0.